The minimum atomic E-state index is -1.49. The van der Waals surface area contributed by atoms with Gasteiger partial charge in [-0.25, -0.2) is 9.78 Å². The van der Waals surface area contributed by atoms with Crippen molar-refractivity contribution >= 4 is 35.0 Å². The summed E-state index contributed by atoms with van der Waals surface area (Å²) in [6.07, 6.45) is 1.00. The molecule has 14 heavy (non-hydrogen) atoms. The molecule has 0 spiro atoms. The van der Waals surface area contributed by atoms with Crippen molar-refractivity contribution in [3.8, 4) is 0 Å². The van der Waals surface area contributed by atoms with E-state index in [9.17, 15) is 9.59 Å². The largest absolute Gasteiger partial charge is 0.475 e. The SMILES string of the molecule is O=C(O)C(=O)Cc1cnc(Cl)cc1Cl. The molecular formula is C8H5Cl2NO3. The van der Waals surface area contributed by atoms with Gasteiger partial charge in [-0.3, -0.25) is 4.79 Å². The van der Waals surface area contributed by atoms with Gasteiger partial charge in [0.25, 0.3) is 0 Å². The van der Waals surface area contributed by atoms with Gasteiger partial charge < -0.3 is 5.11 Å². The molecule has 0 aliphatic heterocycles. The summed E-state index contributed by atoms with van der Waals surface area (Å²) in [5.41, 5.74) is 0.350. The van der Waals surface area contributed by atoms with Crippen LogP contribution in [0.1, 0.15) is 5.56 Å². The van der Waals surface area contributed by atoms with Gasteiger partial charge in [-0.05, 0) is 11.6 Å². The summed E-state index contributed by atoms with van der Waals surface area (Å²) in [5.74, 6) is -2.42. The molecule has 1 aromatic rings. The summed E-state index contributed by atoms with van der Waals surface area (Å²) < 4.78 is 0. The van der Waals surface area contributed by atoms with E-state index in [1.165, 1.54) is 12.3 Å². The lowest BCUT2D eigenvalue weighted by molar-refractivity contribution is -0.148. The number of carboxylic acid groups (broad SMARTS) is 1. The molecule has 0 saturated heterocycles. The van der Waals surface area contributed by atoms with Crippen molar-refractivity contribution in [2.45, 2.75) is 6.42 Å². The van der Waals surface area contributed by atoms with Crippen LogP contribution in [0.3, 0.4) is 0 Å². The summed E-state index contributed by atoms with van der Waals surface area (Å²) in [6, 6.07) is 1.35. The van der Waals surface area contributed by atoms with Crippen molar-refractivity contribution in [3.63, 3.8) is 0 Å². The summed E-state index contributed by atoms with van der Waals surface area (Å²) in [6.45, 7) is 0. The predicted molar refractivity (Wildman–Crippen MR) is 50.6 cm³/mol. The second kappa shape index (κ2) is 4.39. The molecule has 1 rings (SSSR count). The number of pyridine rings is 1. The minimum absolute atomic E-state index is 0.196. The van der Waals surface area contributed by atoms with E-state index in [4.69, 9.17) is 28.3 Å². The number of rotatable bonds is 3. The number of carbonyl (C=O) groups is 2. The zero-order valence-corrected chi connectivity index (χ0v) is 8.34. The molecule has 0 unspecified atom stereocenters. The second-order valence-corrected chi connectivity index (χ2v) is 3.30. The molecule has 0 aliphatic carbocycles. The molecular weight excluding hydrogens is 229 g/mol. The lowest BCUT2D eigenvalue weighted by Crippen LogP contribution is -2.15. The summed E-state index contributed by atoms with van der Waals surface area (Å²) in [7, 11) is 0. The van der Waals surface area contributed by atoms with E-state index in [1.807, 2.05) is 0 Å². The molecule has 0 saturated carbocycles. The number of ketones is 1. The van der Waals surface area contributed by atoms with E-state index in [1.54, 1.807) is 0 Å². The average molecular weight is 234 g/mol. The van der Waals surface area contributed by atoms with Gasteiger partial charge in [0, 0.05) is 17.6 Å². The van der Waals surface area contributed by atoms with Crippen molar-refractivity contribution in [2.24, 2.45) is 0 Å². The molecule has 0 bridgehead atoms. The highest BCUT2D eigenvalue weighted by Crippen LogP contribution is 2.19. The summed E-state index contributed by atoms with van der Waals surface area (Å²) >= 11 is 11.2. The Labute approximate surface area is 89.5 Å². The summed E-state index contributed by atoms with van der Waals surface area (Å²) in [4.78, 5) is 24.8. The number of aliphatic carboxylic acids is 1. The minimum Gasteiger partial charge on any atom is -0.475 e. The molecule has 1 N–H and O–H groups in total. The maximum atomic E-state index is 10.8. The molecule has 0 aliphatic rings. The maximum Gasteiger partial charge on any atom is 0.372 e. The van der Waals surface area contributed by atoms with Crippen LogP contribution in [-0.4, -0.2) is 21.8 Å². The zero-order chi connectivity index (χ0) is 10.7. The molecule has 6 heteroatoms. The van der Waals surface area contributed by atoms with Crippen LogP contribution in [-0.2, 0) is 16.0 Å². The number of carbonyl (C=O) groups excluding carboxylic acids is 1. The fraction of sp³-hybridized carbons (Fsp3) is 0.125. The quantitative estimate of drug-likeness (QED) is 0.636. The summed E-state index contributed by atoms with van der Waals surface area (Å²) in [5, 5.41) is 8.78. The van der Waals surface area contributed by atoms with Crippen molar-refractivity contribution < 1.29 is 14.7 Å². The van der Waals surface area contributed by atoms with E-state index < -0.39 is 11.8 Å². The molecule has 0 radical (unpaired) electrons. The molecule has 0 fully saturated rings. The van der Waals surface area contributed by atoms with Crippen LogP contribution in [0.2, 0.25) is 10.2 Å². The van der Waals surface area contributed by atoms with E-state index in [0.29, 0.717) is 5.56 Å². The van der Waals surface area contributed by atoms with Gasteiger partial charge >= 0.3 is 5.97 Å². The Hall–Kier alpha value is -1.13. The average Bonchev–Trinajstić information content (AvgIpc) is 2.09. The number of hydrogen-bond acceptors (Lipinski definition) is 3. The highest BCUT2D eigenvalue weighted by atomic mass is 35.5. The lowest BCUT2D eigenvalue weighted by atomic mass is 10.1. The molecule has 1 aromatic heterocycles. The number of carboxylic acids is 1. The van der Waals surface area contributed by atoms with Crippen LogP contribution < -0.4 is 0 Å². The Bertz CT molecular complexity index is 392. The van der Waals surface area contributed by atoms with E-state index in [0.717, 1.165) is 0 Å². The van der Waals surface area contributed by atoms with Crippen LogP contribution in [0.5, 0.6) is 0 Å². The standard InChI is InChI=1S/C8H5Cl2NO3/c9-5-2-7(10)11-3-4(5)1-6(12)8(13)14/h2-3H,1H2,(H,13,14). The maximum absolute atomic E-state index is 10.8. The monoisotopic (exact) mass is 233 g/mol. The first-order chi connectivity index (χ1) is 6.50. The van der Waals surface area contributed by atoms with Crippen molar-refractivity contribution in [1.29, 1.82) is 0 Å². The van der Waals surface area contributed by atoms with Gasteiger partial charge in [0.2, 0.25) is 5.78 Å². The Kier molecular flexibility index (Phi) is 3.43. The molecule has 4 nitrogen and oxygen atoms in total. The van der Waals surface area contributed by atoms with E-state index in [2.05, 4.69) is 4.98 Å². The lowest BCUT2D eigenvalue weighted by Gasteiger charge is -2.00. The van der Waals surface area contributed by atoms with E-state index >= 15 is 0 Å². The molecule has 0 aromatic carbocycles. The Morgan fingerprint density at radius 3 is 2.57 bits per heavy atom. The third-order valence-corrected chi connectivity index (χ3v) is 2.04. The number of nitrogens with zero attached hydrogens (tertiary/aromatic N) is 1. The highest BCUT2D eigenvalue weighted by molar-refractivity contribution is 6.36. The fourth-order valence-corrected chi connectivity index (χ4v) is 1.25. The van der Waals surface area contributed by atoms with Gasteiger partial charge in [-0.1, -0.05) is 23.2 Å². The van der Waals surface area contributed by atoms with Crippen molar-refractivity contribution in [1.82, 2.24) is 4.98 Å². The molecule has 74 valence electrons. The van der Waals surface area contributed by atoms with Crippen LogP contribution >= 0.6 is 23.2 Å². The van der Waals surface area contributed by atoms with Crippen molar-refractivity contribution in [2.75, 3.05) is 0 Å². The van der Waals surface area contributed by atoms with Gasteiger partial charge in [0.05, 0.1) is 0 Å². The third kappa shape index (κ3) is 2.68. The Morgan fingerprint density at radius 1 is 1.43 bits per heavy atom. The number of hydrogen-bond donors (Lipinski definition) is 1. The van der Waals surface area contributed by atoms with Gasteiger partial charge in [-0.2, -0.15) is 0 Å². The Balaban J connectivity index is 2.87. The van der Waals surface area contributed by atoms with Crippen LogP contribution in [0.25, 0.3) is 0 Å². The second-order valence-electron chi connectivity index (χ2n) is 2.50. The molecule has 1 heterocycles. The van der Waals surface area contributed by atoms with Crippen LogP contribution in [0.15, 0.2) is 12.3 Å². The fourth-order valence-electron chi connectivity index (χ4n) is 0.814. The third-order valence-electron chi connectivity index (χ3n) is 1.49. The molecule has 0 atom stereocenters. The molecule has 0 amide bonds. The number of halogens is 2. The highest BCUT2D eigenvalue weighted by Gasteiger charge is 2.14. The van der Waals surface area contributed by atoms with Gasteiger partial charge in [0.1, 0.15) is 5.15 Å². The van der Waals surface area contributed by atoms with Crippen LogP contribution in [0, 0.1) is 0 Å². The van der Waals surface area contributed by atoms with E-state index in [-0.39, 0.29) is 16.6 Å². The smallest absolute Gasteiger partial charge is 0.372 e. The number of Topliss-reactive ketones (excluding diaryl/α,β-unsaturated/α-hetero) is 1. The predicted octanol–water partition coefficient (Wildman–Crippen LogP) is 1.58. The Morgan fingerprint density at radius 2 is 2.07 bits per heavy atom. The van der Waals surface area contributed by atoms with Crippen molar-refractivity contribution in [3.05, 3.63) is 28.0 Å². The number of aromatic nitrogens is 1. The first kappa shape index (κ1) is 10.9. The first-order valence-corrected chi connectivity index (χ1v) is 4.32. The van der Waals surface area contributed by atoms with Gasteiger partial charge in [-0.15, -0.1) is 0 Å². The van der Waals surface area contributed by atoms with Crippen LogP contribution in [0.4, 0.5) is 0 Å². The van der Waals surface area contributed by atoms with Gasteiger partial charge in [0.15, 0.2) is 0 Å². The first-order valence-electron chi connectivity index (χ1n) is 3.56. The zero-order valence-electron chi connectivity index (χ0n) is 6.83. The normalized spacial score (nSPS) is 9.86. The topological polar surface area (TPSA) is 67.3 Å².